The van der Waals surface area contributed by atoms with Gasteiger partial charge >= 0.3 is 0 Å². The van der Waals surface area contributed by atoms with E-state index < -0.39 is 0 Å². The molecule has 0 N–H and O–H groups in total. The van der Waals surface area contributed by atoms with Gasteiger partial charge in [-0.1, -0.05) is 158 Å². The Kier molecular flexibility index (Phi) is 6.89. The third-order valence-corrected chi connectivity index (χ3v) is 13.9. The summed E-state index contributed by atoms with van der Waals surface area (Å²) in [6.07, 6.45) is 0. The normalized spacial score (nSPS) is 12.3. The zero-order valence-corrected chi connectivity index (χ0v) is 34.9. The number of hydrogen-bond acceptors (Lipinski definition) is 2. The van der Waals surface area contributed by atoms with E-state index >= 15 is 0 Å². The van der Waals surface area contributed by atoms with Crippen LogP contribution in [-0.2, 0) is 0 Å². The van der Waals surface area contributed by atoms with Crippen LogP contribution in [0.4, 0.5) is 0 Å². The minimum atomic E-state index is 0.793. The van der Waals surface area contributed by atoms with Crippen molar-refractivity contribution in [1.82, 2.24) is 23.7 Å². The first-order valence-corrected chi connectivity index (χ1v) is 22.3. The Hall–Kier alpha value is -8.80. The summed E-state index contributed by atoms with van der Waals surface area (Å²) in [4.78, 5) is 11.5. The molecule has 0 radical (unpaired) electrons. The fraction of sp³-hybridized carbons (Fsp3) is 0. The molecule has 4 aromatic heterocycles. The molecule has 0 unspecified atom stereocenters. The Morgan fingerprint density at radius 1 is 0.354 bits per heavy atom. The third kappa shape index (κ3) is 4.65. The van der Waals surface area contributed by atoms with Crippen molar-refractivity contribution in [2.75, 3.05) is 0 Å². The molecule has 5 nitrogen and oxygen atoms in total. The van der Waals surface area contributed by atoms with Crippen LogP contribution in [-0.4, -0.2) is 23.7 Å². The summed E-state index contributed by atoms with van der Waals surface area (Å²) >= 11 is 0. The van der Waals surface area contributed by atoms with E-state index in [2.05, 4.69) is 226 Å². The Balaban J connectivity index is 1.13. The lowest BCUT2D eigenvalue weighted by atomic mass is 9.91. The van der Waals surface area contributed by atoms with Crippen molar-refractivity contribution in [2.45, 2.75) is 0 Å². The smallest absolute Gasteiger partial charge is 0.165 e. The molecule has 14 aromatic rings. The number of aromatic nitrogens is 5. The molecule has 0 amide bonds. The molecule has 0 atom stereocenters. The van der Waals surface area contributed by atoms with Crippen molar-refractivity contribution < 1.29 is 0 Å². The first kappa shape index (κ1) is 34.7. The van der Waals surface area contributed by atoms with E-state index in [0.29, 0.717) is 0 Å². The highest BCUT2D eigenvalue weighted by atomic mass is 15.1. The molecule has 1 aliphatic rings. The van der Waals surface area contributed by atoms with Gasteiger partial charge in [0.05, 0.1) is 49.8 Å². The lowest BCUT2D eigenvalue weighted by Crippen LogP contribution is -2.04. The minimum absolute atomic E-state index is 0.793. The lowest BCUT2D eigenvalue weighted by molar-refractivity contribution is 1.08. The van der Waals surface area contributed by atoms with E-state index in [0.717, 1.165) is 61.1 Å². The number of nitrogens with zero attached hydrogens (tertiary/aromatic N) is 5. The van der Waals surface area contributed by atoms with Crippen molar-refractivity contribution in [2.24, 2.45) is 0 Å². The summed E-state index contributed by atoms with van der Waals surface area (Å²) in [5.74, 6) is 0.793. The zero-order chi connectivity index (χ0) is 42.3. The van der Waals surface area contributed by atoms with Gasteiger partial charge < -0.3 is 9.13 Å². The van der Waals surface area contributed by atoms with Crippen LogP contribution in [0.1, 0.15) is 0 Å². The molecule has 0 saturated heterocycles. The largest absolute Gasteiger partial charge is 0.309 e. The Morgan fingerprint density at radius 3 is 1.78 bits per heavy atom. The van der Waals surface area contributed by atoms with Crippen LogP contribution in [0.25, 0.3) is 138 Å². The van der Waals surface area contributed by atoms with Gasteiger partial charge in [-0.15, -0.1) is 0 Å². The lowest BCUT2D eigenvalue weighted by Gasteiger charge is -2.16. The fourth-order valence-electron chi connectivity index (χ4n) is 11.2. The molecular weight excluding hydrogens is 791 g/mol. The summed E-state index contributed by atoms with van der Waals surface area (Å²) in [5, 5.41) is 9.41. The van der Waals surface area contributed by atoms with Crippen molar-refractivity contribution in [3.05, 3.63) is 212 Å². The average molecular weight is 826 g/mol. The topological polar surface area (TPSA) is 40.6 Å². The first-order valence-electron chi connectivity index (χ1n) is 22.3. The standard InChI is InChI=1S/C60H35N5/c1-2-17-38(18-3-1)63-49-26-12-9-22-42(49)44-32-30-37(34-53(44)63)57-60(61-48-33-31-36-16-4-5-19-39(36)58(48)62-57)65-52-29-15-11-25-46(52)55-54(65)35-47-43-23-10-14-28-51(43)64-50-27-13-8-21-41(50)40-20-6-7-24-45(40)56(55)59(47)64/h1-35H. The summed E-state index contributed by atoms with van der Waals surface area (Å²) in [7, 11) is 0. The summed E-state index contributed by atoms with van der Waals surface area (Å²) in [6.45, 7) is 0. The molecule has 5 heteroatoms. The maximum absolute atomic E-state index is 5.76. The number of benzene rings is 10. The predicted octanol–water partition coefficient (Wildman–Crippen LogP) is 15.4. The van der Waals surface area contributed by atoms with Crippen LogP contribution in [0.3, 0.4) is 0 Å². The highest BCUT2D eigenvalue weighted by Gasteiger charge is 2.30. The van der Waals surface area contributed by atoms with Crippen LogP contribution < -0.4 is 0 Å². The maximum Gasteiger partial charge on any atom is 0.165 e. The van der Waals surface area contributed by atoms with E-state index in [9.17, 15) is 0 Å². The monoisotopic (exact) mass is 825 g/mol. The second kappa shape index (κ2) is 12.9. The molecule has 0 aliphatic carbocycles. The molecule has 10 aromatic carbocycles. The van der Waals surface area contributed by atoms with Crippen molar-refractivity contribution >= 4 is 87.2 Å². The van der Waals surface area contributed by atoms with Gasteiger partial charge in [0.15, 0.2) is 5.82 Å². The second-order valence-corrected chi connectivity index (χ2v) is 17.3. The van der Waals surface area contributed by atoms with Gasteiger partial charge in [0.1, 0.15) is 5.69 Å². The van der Waals surface area contributed by atoms with Gasteiger partial charge in [-0.2, -0.15) is 0 Å². The summed E-state index contributed by atoms with van der Waals surface area (Å²) < 4.78 is 7.30. The highest BCUT2D eigenvalue weighted by molar-refractivity contribution is 6.29. The van der Waals surface area contributed by atoms with Crippen molar-refractivity contribution in [3.8, 4) is 50.7 Å². The van der Waals surface area contributed by atoms with Crippen LogP contribution in [0.15, 0.2) is 212 Å². The maximum atomic E-state index is 5.76. The third-order valence-electron chi connectivity index (χ3n) is 13.9. The van der Waals surface area contributed by atoms with Gasteiger partial charge in [0.2, 0.25) is 0 Å². The Morgan fingerprint density at radius 2 is 0.969 bits per heavy atom. The second-order valence-electron chi connectivity index (χ2n) is 17.3. The van der Waals surface area contributed by atoms with Gasteiger partial charge in [-0.05, 0) is 71.1 Å². The molecule has 0 bridgehead atoms. The predicted molar refractivity (Wildman–Crippen MR) is 270 cm³/mol. The van der Waals surface area contributed by atoms with Crippen LogP contribution in [0.5, 0.6) is 0 Å². The van der Waals surface area contributed by atoms with E-state index in [1.807, 2.05) is 0 Å². The quantitative estimate of drug-likeness (QED) is 0.167. The molecule has 5 heterocycles. The molecule has 65 heavy (non-hydrogen) atoms. The molecule has 15 rings (SSSR count). The summed E-state index contributed by atoms with van der Waals surface area (Å²) in [5.41, 5.74) is 17.6. The van der Waals surface area contributed by atoms with E-state index in [1.165, 1.54) is 76.8 Å². The number of hydrogen-bond donors (Lipinski definition) is 0. The van der Waals surface area contributed by atoms with E-state index in [1.54, 1.807) is 0 Å². The van der Waals surface area contributed by atoms with Crippen LogP contribution in [0, 0.1) is 0 Å². The number of rotatable bonds is 3. The molecule has 0 saturated carbocycles. The molecular formula is C60H35N5. The Bertz CT molecular complexity index is 4360. The first-order chi connectivity index (χ1) is 32.3. The number of fused-ring (bicyclic) bond motifs is 18. The van der Waals surface area contributed by atoms with Crippen molar-refractivity contribution in [3.63, 3.8) is 0 Å². The zero-order valence-electron chi connectivity index (χ0n) is 34.9. The average Bonchev–Trinajstić information content (AvgIpc) is 3.97. The number of para-hydroxylation sites is 5. The van der Waals surface area contributed by atoms with Gasteiger partial charge in [-0.3, -0.25) is 4.57 Å². The molecule has 300 valence electrons. The van der Waals surface area contributed by atoms with Crippen LogP contribution in [0.2, 0.25) is 0 Å². The van der Waals surface area contributed by atoms with E-state index in [-0.39, 0.29) is 0 Å². The van der Waals surface area contributed by atoms with Crippen molar-refractivity contribution in [1.29, 1.82) is 0 Å². The fourth-order valence-corrected chi connectivity index (χ4v) is 11.2. The molecule has 1 aliphatic heterocycles. The summed E-state index contributed by atoms with van der Waals surface area (Å²) in [6, 6.07) is 77.1. The molecule has 0 spiro atoms. The van der Waals surface area contributed by atoms with Gasteiger partial charge in [-0.25, -0.2) is 9.97 Å². The van der Waals surface area contributed by atoms with Gasteiger partial charge in [0, 0.05) is 60.1 Å². The van der Waals surface area contributed by atoms with Gasteiger partial charge in [0.25, 0.3) is 0 Å². The highest BCUT2D eigenvalue weighted by Crippen LogP contribution is 2.52. The van der Waals surface area contributed by atoms with Crippen LogP contribution >= 0.6 is 0 Å². The van der Waals surface area contributed by atoms with E-state index in [4.69, 9.17) is 9.97 Å². The molecule has 0 fully saturated rings. The minimum Gasteiger partial charge on any atom is -0.309 e. The SMILES string of the molecule is c1ccc(-n2c3ccccc3c3ccc(-c4nc5c(ccc6ccccc65)nc4-n4c5ccccc5c5c6c7c(cc54)c4ccccc4n7-c4ccccc4-c4ccccc4-6)cc32)cc1. The Labute approximate surface area is 372 Å².